The standard InChI is InChI=1S/C37H48N6O5S2.C37H48N4O5.C23H23ClFNO5/c1-24(2)33(42-36(46)43(5)20-29-22-49-35(40-29)25(3)4)34(45)39-28(16-26-12-8-6-9-13-26)18-32(44)31(17-27-14-10-7-11-15-27)41-37(47)48-21-30-19-38-23-50-30;1-25(2)34(41-20-12-19-38-37(41)45)36(44)39-30(21-28-15-7-5-8-16-28)23-32(42)31(22-29-17-9-6-10-18-29)40-33(43)24-46-35-26(3)13-11-14-27(35)4;1-12(2)19(11-27)26-10-16(23(29)30)22(28)15-8-14(20(31-3)9-18(15)26)7-13-5-4-6-17(24)21(13)25/h6-15,19,22-25,28,31-33,44H,16-18,20-21H2,1-5H3,(H,39,45)(H,41,47)(H,42,46);5-11,13-18,25,30-32,34,42H,12,19-24H2,1-4H3,(H,38,45)(H,39,44)(H,40,43);4-6,8-10,12,19,27H,7,11H2,1-3H3,(H,29,30)/t28-,31-,32-,33-;30-,31-,32-,34-;19-/m001/s1. The molecule has 1 aliphatic rings. The summed E-state index contributed by atoms with van der Waals surface area (Å²) in [5.74, 6) is -1.89. The number of rotatable bonds is 39. The summed E-state index contributed by atoms with van der Waals surface area (Å²) in [5, 5.41) is 63.8. The Balaban J connectivity index is 0.000000221. The van der Waals surface area contributed by atoms with Gasteiger partial charge in [0.25, 0.3) is 5.91 Å². The maximum Gasteiger partial charge on any atom is 0.407 e. The fourth-order valence-corrected chi connectivity index (χ4v) is 16.7. The third-order valence-corrected chi connectivity index (χ3v) is 24.2. The number of nitrogens with one attached hydrogen (secondary N) is 6. The molecule has 30 heteroatoms. The molecule has 1 aliphatic heterocycles. The van der Waals surface area contributed by atoms with Crippen molar-refractivity contribution in [3.05, 3.63) is 280 Å². The molecule has 11 rings (SSSR count). The van der Waals surface area contributed by atoms with Gasteiger partial charge in [0.1, 0.15) is 41.6 Å². The molecule has 7 aromatic carbocycles. The second-order valence-corrected chi connectivity index (χ2v) is 35.5. The van der Waals surface area contributed by atoms with Crippen molar-refractivity contribution in [1.82, 2.24) is 56.2 Å². The molecule has 8 amide bonds. The molecule has 10 N–H and O–H groups in total. The molecule has 0 aliphatic carbocycles. The van der Waals surface area contributed by atoms with Gasteiger partial charge < -0.3 is 80.9 Å². The van der Waals surface area contributed by atoms with Gasteiger partial charge in [-0.05, 0) is 133 Å². The number of hydrogen-bond donors (Lipinski definition) is 10. The molecule has 127 heavy (non-hydrogen) atoms. The molecule has 0 radical (unpaired) electrons. The lowest BCUT2D eigenvalue weighted by molar-refractivity contribution is -0.128. The van der Waals surface area contributed by atoms with Crippen molar-refractivity contribution < 1.29 is 72.6 Å². The number of fused-ring (bicyclic) bond motifs is 1. The highest BCUT2D eigenvalue weighted by molar-refractivity contribution is 7.10. The third-order valence-electron chi connectivity index (χ3n) is 21.9. The minimum atomic E-state index is -1.36. The van der Waals surface area contributed by atoms with E-state index in [-0.39, 0.29) is 97.0 Å². The molecule has 10 aromatic rings. The monoisotopic (exact) mass is 1800 g/mol. The van der Waals surface area contributed by atoms with Crippen LogP contribution in [0.5, 0.6) is 11.5 Å². The minimum Gasteiger partial charge on any atom is -0.496 e. The summed E-state index contributed by atoms with van der Waals surface area (Å²) in [4.78, 5) is 117. The first kappa shape index (κ1) is 99.2. The zero-order chi connectivity index (χ0) is 92.0. The predicted octanol–water partition coefficient (Wildman–Crippen LogP) is 14.5. The van der Waals surface area contributed by atoms with Gasteiger partial charge in [-0.1, -0.05) is 219 Å². The number of aromatic nitrogens is 3. The molecule has 0 bridgehead atoms. The maximum absolute atomic E-state index is 14.4. The number of carbonyl (C=O) groups excluding carboxylic acids is 6. The van der Waals surface area contributed by atoms with Crippen molar-refractivity contribution in [3.8, 4) is 11.5 Å². The van der Waals surface area contributed by atoms with Gasteiger partial charge in [0, 0.05) is 73.8 Å². The average Bonchev–Trinajstić information content (AvgIpc) is 1.29. The summed E-state index contributed by atoms with van der Waals surface area (Å²) in [6.07, 6.45) is 3.01. The Kier molecular flexibility index (Phi) is 38.2. The lowest BCUT2D eigenvalue weighted by Crippen LogP contribution is -2.59. The average molecular weight is 1800 g/mol. The number of thiazole rings is 2. The number of aliphatic hydroxyl groups is 3. The normalized spacial score (nSPS) is 14.1. The predicted molar refractivity (Wildman–Crippen MR) is 493 cm³/mol. The van der Waals surface area contributed by atoms with E-state index in [9.17, 15) is 63.2 Å². The van der Waals surface area contributed by atoms with Crippen molar-refractivity contribution in [2.75, 3.05) is 40.5 Å². The second-order valence-electron chi connectivity index (χ2n) is 33.2. The number of methoxy groups -OCH3 is 1. The van der Waals surface area contributed by atoms with Gasteiger partial charge in [0.2, 0.25) is 17.2 Å². The van der Waals surface area contributed by atoms with Crippen LogP contribution in [0.2, 0.25) is 5.02 Å². The first-order chi connectivity index (χ1) is 60.8. The zero-order valence-corrected chi connectivity index (χ0v) is 76.4. The van der Waals surface area contributed by atoms with Gasteiger partial charge >= 0.3 is 24.1 Å². The lowest BCUT2D eigenvalue weighted by atomic mass is 9.92. The summed E-state index contributed by atoms with van der Waals surface area (Å²) >= 11 is 8.83. The summed E-state index contributed by atoms with van der Waals surface area (Å²) in [6, 6.07) is 47.4. The van der Waals surface area contributed by atoms with Gasteiger partial charge in [-0.3, -0.25) is 24.2 Å². The molecular formula is C97H119ClFN11O15S2. The molecule has 0 spiro atoms. The van der Waals surface area contributed by atoms with Crippen LogP contribution in [0.3, 0.4) is 0 Å². The second kappa shape index (κ2) is 48.9. The number of halogens is 2. The van der Waals surface area contributed by atoms with Gasteiger partial charge in [-0.25, -0.2) is 28.6 Å². The van der Waals surface area contributed by atoms with Crippen LogP contribution in [-0.4, -0.2) is 176 Å². The number of hydrogen-bond acceptors (Lipinski definition) is 18. The van der Waals surface area contributed by atoms with E-state index in [1.165, 1.54) is 41.7 Å². The van der Waals surface area contributed by atoms with Gasteiger partial charge in [-0.2, -0.15) is 0 Å². The third kappa shape index (κ3) is 29.5. The number of carboxylic acid groups (broad SMARTS) is 1. The van der Waals surface area contributed by atoms with E-state index in [1.54, 1.807) is 57.8 Å². The Bertz CT molecular complexity index is 5270. The lowest BCUT2D eigenvalue weighted by Gasteiger charge is -2.37. The molecule has 9 atom stereocenters. The minimum absolute atomic E-state index is 0.0181. The number of amides is 8. The summed E-state index contributed by atoms with van der Waals surface area (Å²) in [7, 11) is 3.13. The first-order valence-electron chi connectivity index (χ1n) is 42.7. The van der Waals surface area contributed by atoms with Gasteiger partial charge in [0.15, 0.2) is 6.61 Å². The zero-order valence-electron chi connectivity index (χ0n) is 74.0. The van der Waals surface area contributed by atoms with Gasteiger partial charge in [0.05, 0.1) is 82.2 Å². The highest BCUT2D eigenvalue weighted by Crippen LogP contribution is 2.33. The van der Waals surface area contributed by atoms with Crippen molar-refractivity contribution in [1.29, 1.82) is 0 Å². The topological polar surface area (TPSA) is 355 Å². The number of urea groups is 2. The number of benzene rings is 7. The van der Waals surface area contributed by atoms with Crippen molar-refractivity contribution in [2.45, 2.75) is 194 Å². The molecule has 1 fully saturated rings. The van der Waals surface area contributed by atoms with E-state index in [0.29, 0.717) is 79.4 Å². The maximum atomic E-state index is 14.4. The van der Waals surface area contributed by atoms with Crippen molar-refractivity contribution >= 4 is 87.0 Å². The summed E-state index contributed by atoms with van der Waals surface area (Å²) in [6.45, 7) is 20.4. The number of alkyl carbamates (subject to hydrolysis) is 1. The number of aliphatic hydroxyl groups excluding tert-OH is 3. The van der Waals surface area contributed by atoms with E-state index in [4.69, 9.17) is 25.8 Å². The SMILES string of the molecule is CC(C)c1nc(CN(C)C(=O)N[C@H](C(=O)N[C@@H](Cc2ccccc2)C[C@H](O)[C@H](Cc2ccccc2)NC(=O)OCc2cncs2)C(C)C)cs1.COc1cc2c(cc1Cc1cccc(Cl)c1F)c(=O)c(C(=O)O)cn2[C@H](CO)C(C)C.Cc1cccc(C)c1OCC(=O)N[C@@H](Cc1ccccc1)[C@@H](O)C[C@H](Cc1ccccc1)NC(=O)[C@H](C(C)C)N1CCCNC1=O. The van der Waals surface area contributed by atoms with Crippen LogP contribution in [0.1, 0.15) is 157 Å². The van der Waals surface area contributed by atoms with Crippen molar-refractivity contribution in [3.63, 3.8) is 0 Å². The van der Waals surface area contributed by atoms with Crippen LogP contribution in [0, 0.1) is 37.4 Å². The molecular weight excluding hydrogens is 1680 g/mol. The highest BCUT2D eigenvalue weighted by Gasteiger charge is 2.37. The number of aryl methyl sites for hydroxylation is 2. The number of nitrogens with zero attached hydrogens (tertiary/aromatic N) is 5. The Hall–Kier alpha value is -11.6. The first-order valence-corrected chi connectivity index (χ1v) is 44.9. The Morgan fingerprint density at radius 3 is 1.73 bits per heavy atom. The molecule has 0 unspecified atom stereocenters. The summed E-state index contributed by atoms with van der Waals surface area (Å²) < 4.78 is 32.9. The van der Waals surface area contributed by atoms with E-state index in [2.05, 4.69) is 55.7 Å². The fourth-order valence-electron chi connectivity index (χ4n) is 15.2. The van der Waals surface area contributed by atoms with E-state index in [1.807, 2.05) is 200 Å². The van der Waals surface area contributed by atoms with Crippen LogP contribution >= 0.6 is 34.3 Å². The van der Waals surface area contributed by atoms with Gasteiger partial charge in [-0.15, -0.1) is 22.7 Å². The quantitative estimate of drug-likeness (QED) is 0.0171. The number of ether oxygens (including phenoxy) is 3. The van der Waals surface area contributed by atoms with E-state index < -0.39 is 83.4 Å². The molecule has 3 aromatic heterocycles. The molecule has 26 nitrogen and oxygen atoms in total. The number of aromatic carboxylic acids is 1. The van der Waals surface area contributed by atoms with Crippen LogP contribution < -0.4 is 46.8 Å². The molecule has 1 saturated heterocycles. The number of pyridine rings is 1. The molecule has 4 heterocycles. The Morgan fingerprint density at radius 2 is 1.23 bits per heavy atom. The summed E-state index contributed by atoms with van der Waals surface area (Å²) in [5.41, 5.74) is 8.38. The number of para-hydroxylation sites is 1. The Morgan fingerprint density at radius 1 is 0.669 bits per heavy atom. The van der Waals surface area contributed by atoms with E-state index in [0.717, 1.165) is 55.4 Å². The van der Waals surface area contributed by atoms with Crippen LogP contribution in [-0.2, 0) is 64.4 Å². The largest absolute Gasteiger partial charge is 0.496 e. The number of carboxylic acids is 1. The highest BCUT2D eigenvalue weighted by atomic mass is 35.5. The number of carbonyl (C=O) groups is 7. The molecule has 678 valence electrons. The Labute approximate surface area is 755 Å². The van der Waals surface area contributed by atoms with Crippen LogP contribution in [0.25, 0.3) is 10.9 Å². The smallest absolute Gasteiger partial charge is 0.407 e. The molecule has 0 saturated carbocycles. The van der Waals surface area contributed by atoms with Crippen molar-refractivity contribution in [2.24, 2.45) is 17.8 Å². The van der Waals surface area contributed by atoms with Crippen LogP contribution in [0.4, 0.5) is 18.8 Å². The fraction of sp³-hybridized carbons (Fsp3) is 0.402. The van der Waals surface area contributed by atoms with Crippen LogP contribution in [0.15, 0.2) is 198 Å². The van der Waals surface area contributed by atoms with E-state index >= 15 is 0 Å².